The number of benzene rings is 1. The Labute approximate surface area is 101 Å². The molecule has 1 unspecified atom stereocenters. The summed E-state index contributed by atoms with van der Waals surface area (Å²) in [7, 11) is 3.50. The van der Waals surface area contributed by atoms with Crippen LogP contribution in [0.1, 0.15) is 28.8 Å². The summed E-state index contributed by atoms with van der Waals surface area (Å²) >= 11 is 0. The highest BCUT2D eigenvalue weighted by molar-refractivity contribution is 5.99. The highest BCUT2D eigenvalue weighted by Gasteiger charge is 2.26. The van der Waals surface area contributed by atoms with Crippen LogP contribution in [0.15, 0.2) is 24.3 Å². The number of ketones is 1. The van der Waals surface area contributed by atoms with Crippen LogP contribution >= 0.6 is 0 Å². The van der Waals surface area contributed by atoms with Crippen molar-refractivity contribution in [3.8, 4) is 0 Å². The average molecular weight is 231 g/mol. The van der Waals surface area contributed by atoms with Crippen molar-refractivity contribution in [2.75, 3.05) is 14.1 Å². The van der Waals surface area contributed by atoms with Gasteiger partial charge in [-0.25, -0.2) is 0 Å². The summed E-state index contributed by atoms with van der Waals surface area (Å²) in [5.41, 5.74) is 1.92. The lowest BCUT2D eigenvalue weighted by Crippen LogP contribution is -2.28. The van der Waals surface area contributed by atoms with Crippen molar-refractivity contribution in [3.63, 3.8) is 0 Å². The number of hydrogen-bond donors (Lipinski definition) is 0. The largest absolute Gasteiger partial charge is 0.349 e. The van der Waals surface area contributed by atoms with Crippen LogP contribution in [0, 0.1) is 5.92 Å². The van der Waals surface area contributed by atoms with E-state index in [2.05, 4.69) is 0 Å². The van der Waals surface area contributed by atoms with Gasteiger partial charge in [-0.2, -0.15) is 0 Å². The molecule has 1 aromatic carbocycles. The molecule has 0 aliphatic heterocycles. The van der Waals surface area contributed by atoms with E-state index in [4.69, 9.17) is 0 Å². The molecule has 1 aliphatic carbocycles. The lowest BCUT2D eigenvalue weighted by molar-refractivity contribution is -0.129. The molecule has 0 aromatic heterocycles. The van der Waals surface area contributed by atoms with Gasteiger partial charge in [0.05, 0.1) is 0 Å². The summed E-state index contributed by atoms with van der Waals surface area (Å²) < 4.78 is 0. The Balaban J connectivity index is 2.12. The van der Waals surface area contributed by atoms with E-state index in [1.165, 1.54) is 0 Å². The second kappa shape index (κ2) is 4.70. The van der Waals surface area contributed by atoms with Crippen molar-refractivity contribution in [2.45, 2.75) is 19.3 Å². The Morgan fingerprint density at radius 3 is 2.71 bits per heavy atom. The fourth-order valence-corrected chi connectivity index (χ4v) is 2.30. The Bertz CT molecular complexity index is 451. The fourth-order valence-electron chi connectivity index (χ4n) is 2.30. The average Bonchev–Trinajstić information content (AvgIpc) is 2.29. The Hall–Kier alpha value is -1.64. The highest BCUT2D eigenvalue weighted by Crippen LogP contribution is 2.27. The molecule has 0 spiro atoms. The molecule has 17 heavy (non-hydrogen) atoms. The van der Waals surface area contributed by atoms with E-state index in [-0.39, 0.29) is 17.6 Å². The topological polar surface area (TPSA) is 37.4 Å². The number of fused-ring (bicyclic) bond motifs is 1. The Morgan fingerprint density at radius 1 is 1.29 bits per heavy atom. The minimum atomic E-state index is 0.0992. The predicted octanol–water partition coefficient (Wildman–Crippen LogP) is 1.91. The van der Waals surface area contributed by atoms with E-state index in [1.807, 2.05) is 24.3 Å². The molecule has 0 radical (unpaired) electrons. The molecule has 2 rings (SSSR count). The normalized spacial score (nSPS) is 18.7. The van der Waals surface area contributed by atoms with Gasteiger partial charge in [-0.3, -0.25) is 9.59 Å². The van der Waals surface area contributed by atoms with Crippen LogP contribution in [0.3, 0.4) is 0 Å². The van der Waals surface area contributed by atoms with Crippen molar-refractivity contribution in [3.05, 3.63) is 35.4 Å². The van der Waals surface area contributed by atoms with Gasteiger partial charge in [-0.15, -0.1) is 0 Å². The number of amides is 1. The van der Waals surface area contributed by atoms with Crippen molar-refractivity contribution in [2.24, 2.45) is 5.92 Å². The first-order valence-electron chi connectivity index (χ1n) is 5.89. The molecule has 0 heterocycles. The van der Waals surface area contributed by atoms with Crippen LogP contribution in [0.5, 0.6) is 0 Å². The first kappa shape index (κ1) is 11.8. The number of Topliss-reactive ketones (excluding diaryl/α,β-unsaturated/α-hetero) is 1. The third-order valence-corrected chi connectivity index (χ3v) is 3.26. The van der Waals surface area contributed by atoms with Crippen molar-refractivity contribution in [1.29, 1.82) is 0 Å². The first-order valence-corrected chi connectivity index (χ1v) is 5.89. The molecule has 0 saturated carbocycles. The van der Waals surface area contributed by atoms with Crippen LogP contribution in [-0.2, 0) is 11.2 Å². The molecule has 0 saturated heterocycles. The standard InChI is InChI=1S/C14H17NO2/c1-15(2)14(17)9-10-7-11-5-3-4-6-12(11)13(16)8-10/h3-6,10H,7-9H2,1-2H3. The first-order chi connectivity index (χ1) is 8.08. The maximum Gasteiger partial charge on any atom is 0.222 e. The SMILES string of the molecule is CN(C)C(=O)CC1CC(=O)c2ccccc2C1. The highest BCUT2D eigenvalue weighted by atomic mass is 16.2. The minimum absolute atomic E-state index is 0.0992. The summed E-state index contributed by atoms with van der Waals surface area (Å²) in [6.45, 7) is 0. The molecule has 0 N–H and O–H groups in total. The van der Waals surface area contributed by atoms with E-state index < -0.39 is 0 Å². The van der Waals surface area contributed by atoms with Gasteiger partial charge in [0, 0.05) is 32.5 Å². The van der Waals surface area contributed by atoms with E-state index in [9.17, 15) is 9.59 Å². The van der Waals surface area contributed by atoms with Gasteiger partial charge < -0.3 is 4.90 Å². The summed E-state index contributed by atoms with van der Waals surface area (Å²) in [6, 6.07) is 7.70. The number of carbonyl (C=O) groups is 2. The molecule has 90 valence electrons. The Kier molecular flexibility index (Phi) is 3.27. The van der Waals surface area contributed by atoms with E-state index in [1.54, 1.807) is 19.0 Å². The molecule has 1 amide bonds. The third-order valence-electron chi connectivity index (χ3n) is 3.26. The molecule has 0 bridgehead atoms. The van der Waals surface area contributed by atoms with Gasteiger partial charge in [-0.05, 0) is 17.9 Å². The second-order valence-corrected chi connectivity index (χ2v) is 4.85. The lowest BCUT2D eigenvalue weighted by Gasteiger charge is -2.24. The van der Waals surface area contributed by atoms with Gasteiger partial charge in [0.1, 0.15) is 0 Å². The van der Waals surface area contributed by atoms with Gasteiger partial charge >= 0.3 is 0 Å². The smallest absolute Gasteiger partial charge is 0.222 e. The summed E-state index contributed by atoms with van der Waals surface area (Å²) in [6.07, 6.45) is 1.80. The minimum Gasteiger partial charge on any atom is -0.349 e. The number of rotatable bonds is 2. The van der Waals surface area contributed by atoms with E-state index in [0.717, 1.165) is 17.5 Å². The quantitative estimate of drug-likeness (QED) is 0.779. The van der Waals surface area contributed by atoms with Crippen LogP contribution in [-0.4, -0.2) is 30.7 Å². The molecule has 1 aromatic rings. The number of carbonyl (C=O) groups excluding carboxylic acids is 2. The van der Waals surface area contributed by atoms with Gasteiger partial charge in [-0.1, -0.05) is 24.3 Å². The van der Waals surface area contributed by atoms with E-state index >= 15 is 0 Å². The van der Waals surface area contributed by atoms with Gasteiger partial charge in [0.25, 0.3) is 0 Å². The second-order valence-electron chi connectivity index (χ2n) is 4.85. The molecular weight excluding hydrogens is 214 g/mol. The van der Waals surface area contributed by atoms with Crippen molar-refractivity contribution >= 4 is 11.7 Å². The number of nitrogens with zero attached hydrogens (tertiary/aromatic N) is 1. The maximum atomic E-state index is 11.9. The monoisotopic (exact) mass is 231 g/mol. The van der Waals surface area contributed by atoms with Gasteiger partial charge in [0.15, 0.2) is 5.78 Å². The van der Waals surface area contributed by atoms with E-state index in [0.29, 0.717) is 12.8 Å². The zero-order chi connectivity index (χ0) is 12.4. The van der Waals surface area contributed by atoms with Crippen molar-refractivity contribution < 1.29 is 9.59 Å². The molecule has 3 nitrogen and oxygen atoms in total. The molecule has 0 fully saturated rings. The molecule has 1 atom stereocenters. The van der Waals surface area contributed by atoms with Gasteiger partial charge in [0.2, 0.25) is 5.91 Å². The molecule has 3 heteroatoms. The predicted molar refractivity (Wildman–Crippen MR) is 65.9 cm³/mol. The fraction of sp³-hybridized carbons (Fsp3) is 0.429. The zero-order valence-corrected chi connectivity index (χ0v) is 10.3. The lowest BCUT2D eigenvalue weighted by atomic mass is 9.81. The summed E-state index contributed by atoms with van der Waals surface area (Å²) in [4.78, 5) is 25.2. The Morgan fingerprint density at radius 2 is 2.00 bits per heavy atom. The molecule has 1 aliphatic rings. The van der Waals surface area contributed by atoms with Crippen LogP contribution in [0.25, 0.3) is 0 Å². The third kappa shape index (κ3) is 2.54. The van der Waals surface area contributed by atoms with Crippen LogP contribution < -0.4 is 0 Å². The van der Waals surface area contributed by atoms with Crippen molar-refractivity contribution in [1.82, 2.24) is 4.90 Å². The van der Waals surface area contributed by atoms with Crippen LogP contribution in [0.2, 0.25) is 0 Å². The summed E-state index contributed by atoms with van der Waals surface area (Å²) in [5, 5.41) is 0. The molecular formula is C14H17NO2. The van der Waals surface area contributed by atoms with Crippen LogP contribution in [0.4, 0.5) is 0 Å². The number of hydrogen-bond acceptors (Lipinski definition) is 2. The maximum absolute atomic E-state index is 11.9. The summed E-state index contributed by atoms with van der Waals surface area (Å²) in [5.74, 6) is 0.429. The zero-order valence-electron chi connectivity index (χ0n) is 10.3.